The number of allylic oxidation sites excluding steroid dienone is 1. The molecule has 5 atom stereocenters. The first kappa shape index (κ1) is 20.8. The molecule has 2 aromatic carbocycles. The lowest BCUT2D eigenvalue weighted by Crippen LogP contribution is -2.40. The Morgan fingerprint density at radius 3 is 2.50 bits per heavy atom. The van der Waals surface area contributed by atoms with E-state index in [2.05, 4.69) is 50.0 Å². The number of phenolic OH excluding ortho intramolecular Hbond substituents is 1. The molecule has 1 saturated carbocycles. The van der Waals surface area contributed by atoms with Gasteiger partial charge in [0.05, 0.1) is 0 Å². The van der Waals surface area contributed by atoms with Crippen molar-refractivity contribution in [2.75, 3.05) is 0 Å². The Balaban J connectivity index is 0.00000225. The molecule has 28 heavy (non-hydrogen) atoms. The molecule has 0 bridgehead atoms. The minimum atomic E-state index is 0. The molecule has 0 spiro atoms. The van der Waals surface area contributed by atoms with Crippen molar-refractivity contribution in [3.63, 3.8) is 0 Å². The molecule has 1 aliphatic heterocycles. The number of hydrogen-bond donors (Lipinski definition) is 2. The van der Waals surface area contributed by atoms with Gasteiger partial charge in [-0.1, -0.05) is 56.8 Å². The Morgan fingerprint density at radius 1 is 1.18 bits per heavy atom. The van der Waals surface area contributed by atoms with Gasteiger partial charge < -0.3 is 10.4 Å². The summed E-state index contributed by atoms with van der Waals surface area (Å²) in [7, 11) is 0. The Bertz CT molecular complexity index is 875. The molecule has 2 nitrogen and oxygen atoms in total. The van der Waals surface area contributed by atoms with Crippen molar-refractivity contribution in [2.24, 2.45) is 11.3 Å². The summed E-state index contributed by atoms with van der Waals surface area (Å²) in [4.78, 5) is 0. The second-order valence-corrected chi connectivity index (χ2v) is 9.08. The summed E-state index contributed by atoms with van der Waals surface area (Å²) in [5, 5.41) is 15.1. The highest BCUT2D eigenvalue weighted by Crippen LogP contribution is 2.61. The number of fused-ring (bicyclic) bond motifs is 1. The summed E-state index contributed by atoms with van der Waals surface area (Å²) in [6.45, 7) is 11.0. The molecule has 2 aromatic rings. The van der Waals surface area contributed by atoms with Crippen LogP contribution in [-0.4, -0.2) is 11.1 Å². The molecule has 2 aliphatic rings. The van der Waals surface area contributed by atoms with E-state index < -0.39 is 0 Å². The van der Waals surface area contributed by atoms with E-state index in [1.807, 2.05) is 25.1 Å². The maximum Gasteiger partial charge on any atom is 0.119 e. The number of aromatic hydroxyl groups is 1. The maximum atomic E-state index is 10.7. The normalized spacial score (nSPS) is 31.6. The Morgan fingerprint density at radius 2 is 1.86 bits per heavy atom. The van der Waals surface area contributed by atoms with Crippen molar-refractivity contribution in [3.05, 3.63) is 76.5 Å². The van der Waals surface area contributed by atoms with Gasteiger partial charge in [-0.25, -0.2) is 0 Å². The SMILES string of the molecule is C.C=C1NC(C)C2C(c3ccc(Cl)cc3)C(c3ccc(C)cc3O)CCC12C. The first-order valence-electron chi connectivity index (χ1n) is 9.82. The zero-order valence-electron chi connectivity index (χ0n) is 16.3. The van der Waals surface area contributed by atoms with Crippen LogP contribution < -0.4 is 5.32 Å². The van der Waals surface area contributed by atoms with Gasteiger partial charge in [-0.15, -0.1) is 0 Å². The van der Waals surface area contributed by atoms with Crippen molar-refractivity contribution in [1.29, 1.82) is 0 Å². The molecular weight excluding hydrogens is 366 g/mol. The van der Waals surface area contributed by atoms with E-state index in [1.54, 1.807) is 0 Å². The fourth-order valence-corrected chi connectivity index (χ4v) is 5.76. The molecule has 0 amide bonds. The lowest BCUT2D eigenvalue weighted by molar-refractivity contribution is 0.128. The van der Waals surface area contributed by atoms with E-state index in [1.165, 1.54) is 5.56 Å². The van der Waals surface area contributed by atoms with Gasteiger partial charge in [0.15, 0.2) is 0 Å². The first-order chi connectivity index (χ1) is 12.8. The molecule has 2 N–H and O–H groups in total. The number of nitrogens with one attached hydrogen (secondary N) is 1. The highest BCUT2D eigenvalue weighted by molar-refractivity contribution is 6.30. The number of rotatable bonds is 2. The Labute approximate surface area is 174 Å². The molecule has 3 heteroatoms. The van der Waals surface area contributed by atoms with Crippen LogP contribution in [0.5, 0.6) is 5.75 Å². The van der Waals surface area contributed by atoms with Gasteiger partial charge in [0, 0.05) is 22.2 Å². The third kappa shape index (κ3) is 3.22. The van der Waals surface area contributed by atoms with Gasteiger partial charge in [0.2, 0.25) is 0 Å². The van der Waals surface area contributed by atoms with Crippen LogP contribution >= 0.6 is 11.6 Å². The topological polar surface area (TPSA) is 32.3 Å². The van der Waals surface area contributed by atoms with Crippen LogP contribution in [0.4, 0.5) is 0 Å². The lowest BCUT2D eigenvalue weighted by atomic mass is 9.55. The fourth-order valence-electron chi connectivity index (χ4n) is 5.63. The summed E-state index contributed by atoms with van der Waals surface area (Å²) < 4.78 is 0. The number of phenols is 1. The summed E-state index contributed by atoms with van der Waals surface area (Å²) >= 11 is 6.17. The van der Waals surface area contributed by atoms with E-state index in [9.17, 15) is 5.11 Å². The lowest BCUT2D eigenvalue weighted by Gasteiger charge is -2.47. The molecule has 1 heterocycles. The van der Waals surface area contributed by atoms with Crippen LogP contribution in [0, 0.1) is 18.3 Å². The molecule has 0 radical (unpaired) electrons. The van der Waals surface area contributed by atoms with Crippen LogP contribution in [0.1, 0.15) is 62.6 Å². The minimum absolute atomic E-state index is 0. The summed E-state index contributed by atoms with van der Waals surface area (Å²) in [5.41, 5.74) is 4.67. The van der Waals surface area contributed by atoms with Gasteiger partial charge in [-0.05, 0) is 79.3 Å². The van der Waals surface area contributed by atoms with Crippen molar-refractivity contribution in [2.45, 2.75) is 58.9 Å². The highest BCUT2D eigenvalue weighted by atomic mass is 35.5. The molecular formula is C25H32ClNO. The second-order valence-electron chi connectivity index (χ2n) is 8.64. The maximum absolute atomic E-state index is 10.7. The van der Waals surface area contributed by atoms with Crippen molar-refractivity contribution >= 4 is 11.6 Å². The van der Waals surface area contributed by atoms with Crippen molar-refractivity contribution < 1.29 is 5.11 Å². The monoisotopic (exact) mass is 397 g/mol. The predicted octanol–water partition coefficient (Wildman–Crippen LogP) is 6.78. The van der Waals surface area contributed by atoms with E-state index in [4.69, 9.17) is 11.6 Å². The van der Waals surface area contributed by atoms with Crippen LogP contribution in [0.25, 0.3) is 0 Å². The summed E-state index contributed by atoms with van der Waals surface area (Å²) in [6, 6.07) is 14.7. The number of aryl methyl sites for hydroxylation is 1. The van der Waals surface area contributed by atoms with Gasteiger partial charge in [-0.3, -0.25) is 0 Å². The average molecular weight is 398 g/mol. The van der Waals surface area contributed by atoms with Crippen LogP contribution in [-0.2, 0) is 0 Å². The van der Waals surface area contributed by atoms with E-state index in [-0.39, 0.29) is 18.8 Å². The van der Waals surface area contributed by atoms with Crippen LogP contribution in [0.15, 0.2) is 54.7 Å². The molecule has 5 unspecified atom stereocenters. The zero-order chi connectivity index (χ0) is 19.3. The fraction of sp³-hybridized carbons (Fsp3) is 0.440. The quantitative estimate of drug-likeness (QED) is 0.585. The van der Waals surface area contributed by atoms with Crippen LogP contribution in [0.2, 0.25) is 5.02 Å². The number of benzene rings is 2. The Kier molecular flexibility index (Phi) is 5.55. The van der Waals surface area contributed by atoms with Gasteiger partial charge >= 0.3 is 0 Å². The van der Waals surface area contributed by atoms with E-state index in [0.29, 0.717) is 23.6 Å². The zero-order valence-corrected chi connectivity index (χ0v) is 17.1. The summed E-state index contributed by atoms with van der Waals surface area (Å²) in [6.07, 6.45) is 2.11. The third-order valence-electron chi connectivity index (χ3n) is 7.00. The van der Waals surface area contributed by atoms with Crippen molar-refractivity contribution in [3.8, 4) is 5.75 Å². The van der Waals surface area contributed by atoms with Crippen LogP contribution in [0.3, 0.4) is 0 Å². The standard InChI is InChI=1S/C24H28ClNO.CH4/c1-14-5-10-19(21(27)13-14)20-11-12-24(4)16(3)26-15(2)23(24)22(20)17-6-8-18(25)9-7-17;/h5-10,13,15,20,22-23,26-27H,3,11-12H2,1-2,4H3;1H4. The average Bonchev–Trinajstić information content (AvgIpc) is 2.85. The smallest absolute Gasteiger partial charge is 0.119 e. The molecule has 1 aliphatic carbocycles. The summed E-state index contributed by atoms with van der Waals surface area (Å²) in [5.74, 6) is 1.42. The molecule has 150 valence electrons. The molecule has 2 fully saturated rings. The van der Waals surface area contributed by atoms with E-state index >= 15 is 0 Å². The van der Waals surface area contributed by atoms with Crippen molar-refractivity contribution in [1.82, 2.24) is 5.32 Å². The van der Waals surface area contributed by atoms with E-state index in [0.717, 1.165) is 34.7 Å². The third-order valence-corrected chi connectivity index (χ3v) is 7.25. The second kappa shape index (κ2) is 7.48. The molecule has 4 rings (SSSR count). The van der Waals surface area contributed by atoms with Gasteiger partial charge in [-0.2, -0.15) is 0 Å². The van der Waals surface area contributed by atoms with Gasteiger partial charge in [0.25, 0.3) is 0 Å². The molecule has 0 aromatic heterocycles. The minimum Gasteiger partial charge on any atom is -0.508 e. The molecule has 1 saturated heterocycles. The largest absolute Gasteiger partial charge is 0.508 e. The highest BCUT2D eigenvalue weighted by Gasteiger charge is 2.55. The number of hydrogen-bond acceptors (Lipinski definition) is 2. The number of halogens is 1. The first-order valence-corrected chi connectivity index (χ1v) is 10.2. The Hall–Kier alpha value is -1.93. The predicted molar refractivity (Wildman–Crippen MR) is 119 cm³/mol. The van der Waals surface area contributed by atoms with Gasteiger partial charge in [0.1, 0.15) is 5.75 Å².